The maximum atomic E-state index is 4.14. The molecule has 0 aromatic heterocycles. The summed E-state index contributed by atoms with van der Waals surface area (Å²) in [4.78, 5) is 4.14. The van der Waals surface area contributed by atoms with Crippen LogP contribution in [-0.4, -0.2) is 18.9 Å². The van der Waals surface area contributed by atoms with Crippen molar-refractivity contribution in [1.82, 2.24) is 5.32 Å². The molecule has 1 unspecified atom stereocenters. The molecule has 0 aliphatic rings. The fourth-order valence-corrected chi connectivity index (χ4v) is 0.708. The molecule has 11 heavy (non-hydrogen) atoms. The second-order valence-corrected chi connectivity index (χ2v) is 2.52. The van der Waals surface area contributed by atoms with Gasteiger partial charge in [0.1, 0.15) is 0 Å². The lowest BCUT2D eigenvalue weighted by Gasteiger charge is -2.03. The third-order valence-electron chi connectivity index (χ3n) is 1.26. The van der Waals surface area contributed by atoms with E-state index < -0.39 is 0 Å². The van der Waals surface area contributed by atoms with Gasteiger partial charge in [-0.1, -0.05) is 19.1 Å². The largest absolute Gasteiger partial charge is 0.371 e. The minimum atomic E-state index is 0.389. The van der Waals surface area contributed by atoms with Gasteiger partial charge in [0.15, 0.2) is 0 Å². The fourth-order valence-electron chi connectivity index (χ4n) is 0.708. The highest BCUT2D eigenvalue weighted by Gasteiger charge is 1.87. The topological polar surface area (TPSA) is 24.4 Å². The summed E-state index contributed by atoms with van der Waals surface area (Å²) in [7, 11) is 0. The van der Waals surface area contributed by atoms with E-state index in [2.05, 4.69) is 30.2 Å². The molecule has 0 bridgehead atoms. The first-order chi connectivity index (χ1) is 5.31. The summed E-state index contributed by atoms with van der Waals surface area (Å²) in [6.45, 7) is 7.14. The highest BCUT2D eigenvalue weighted by molar-refractivity contribution is 5.54. The van der Waals surface area contributed by atoms with Crippen LogP contribution in [0.25, 0.3) is 0 Å². The molecule has 0 rings (SSSR count). The highest BCUT2D eigenvalue weighted by atomic mass is 15.0. The van der Waals surface area contributed by atoms with Crippen LogP contribution < -0.4 is 5.32 Å². The molecule has 0 spiro atoms. The van der Waals surface area contributed by atoms with E-state index in [1.165, 1.54) is 0 Å². The van der Waals surface area contributed by atoms with Gasteiger partial charge in [-0.2, -0.15) is 0 Å². The number of allylic oxidation sites excluding steroid dienone is 1. The van der Waals surface area contributed by atoms with E-state index >= 15 is 0 Å². The Morgan fingerprint density at radius 1 is 1.55 bits per heavy atom. The quantitative estimate of drug-likeness (QED) is 0.365. The molecule has 0 radical (unpaired) electrons. The normalized spacial score (nSPS) is 14.5. The lowest BCUT2D eigenvalue weighted by atomic mass is 10.3. The van der Waals surface area contributed by atoms with Crippen molar-refractivity contribution in [2.45, 2.75) is 33.2 Å². The smallest absolute Gasteiger partial charge is 0.0828 e. The zero-order chi connectivity index (χ0) is 8.53. The van der Waals surface area contributed by atoms with Gasteiger partial charge < -0.3 is 5.32 Å². The van der Waals surface area contributed by atoms with E-state index in [0.717, 1.165) is 13.0 Å². The maximum Gasteiger partial charge on any atom is 0.0828 e. The molecule has 0 saturated carbocycles. The molecule has 0 aromatic rings. The Morgan fingerprint density at radius 2 is 2.27 bits per heavy atom. The average molecular weight is 154 g/mol. The standard InChI is InChI=1S/C9H18N2/c1-4-6-9(3)11-8-10-7-5-2/h4,6,8-9H,5,7H2,1-3H3,(H,10,11)/b6-4+. The summed E-state index contributed by atoms with van der Waals surface area (Å²) in [5.41, 5.74) is 0. The molecular formula is C9H18N2. The zero-order valence-electron chi connectivity index (χ0n) is 7.67. The summed E-state index contributed by atoms with van der Waals surface area (Å²) >= 11 is 0. The Labute approximate surface area is 69.4 Å². The molecule has 2 nitrogen and oxygen atoms in total. The lowest BCUT2D eigenvalue weighted by Crippen LogP contribution is -2.21. The molecule has 0 aliphatic carbocycles. The first-order valence-electron chi connectivity index (χ1n) is 4.18. The Morgan fingerprint density at radius 3 is 2.82 bits per heavy atom. The SMILES string of the molecule is C/C=C/C(C)NC=NCCC. The van der Waals surface area contributed by atoms with Crippen molar-refractivity contribution >= 4 is 6.34 Å². The average Bonchev–Trinajstić information content (AvgIpc) is 1.99. The highest BCUT2D eigenvalue weighted by Crippen LogP contribution is 1.81. The zero-order valence-corrected chi connectivity index (χ0v) is 7.67. The second kappa shape index (κ2) is 7.32. The predicted octanol–water partition coefficient (Wildman–Crippen LogP) is 1.98. The van der Waals surface area contributed by atoms with Crippen LogP contribution in [0.2, 0.25) is 0 Å². The summed E-state index contributed by atoms with van der Waals surface area (Å²) in [5, 5.41) is 3.14. The Kier molecular flexibility index (Phi) is 6.79. The maximum absolute atomic E-state index is 4.14. The Hall–Kier alpha value is -0.790. The van der Waals surface area contributed by atoms with Gasteiger partial charge in [-0.15, -0.1) is 0 Å². The van der Waals surface area contributed by atoms with Crippen molar-refractivity contribution in [3.8, 4) is 0 Å². The van der Waals surface area contributed by atoms with Gasteiger partial charge in [-0.05, 0) is 20.3 Å². The van der Waals surface area contributed by atoms with Gasteiger partial charge in [0.05, 0.1) is 6.34 Å². The van der Waals surface area contributed by atoms with Crippen LogP contribution in [0.15, 0.2) is 17.1 Å². The minimum absolute atomic E-state index is 0.389. The van der Waals surface area contributed by atoms with Crippen LogP contribution in [0.3, 0.4) is 0 Å². The number of hydrogen-bond acceptors (Lipinski definition) is 1. The Bertz CT molecular complexity index is 128. The first-order valence-corrected chi connectivity index (χ1v) is 4.18. The van der Waals surface area contributed by atoms with Crippen molar-refractivity contribution in [1.29, 1.82) is 0 Å². The molecule has 0 heterocycles. The Balaban J connectivity index is 3.36. The van der Waals surface area contributed by atoms with E-state index in [0.29, 0.717) is 6.04 Å². The van der Waals surface area contributed by atoms with E-state index in [1.54, 1.807) is 6.34 Å². The van der Waals surface area contributed by atoms with Gasteiger partial charge in [-0.25, -0.2) is 0 Å². The van der Waals surface area contributed by atoms with Gasteiger partial charge in [0.2, 0.25) is 0 Å². The van der Waals surface area contributed by atoms with E-state index in [1.807, 2.05) is 13.0 Å². The van der Waals surface area contributed by atoms with Crippen LogP contribution in [-0.2, 0) is 0 Å². The van der Waals surface area contributed by atoms with Gasteiger partial charge >= 0.3 is 0 Å². The molecule has 64 valence electrons. The van der Waals surface area contributed by atoms with Gasteiger partial charge in [0.25, 0.3) is 0 Å². The van der Waals surface area contributed by atoms with Gasteiger partial charge in [0, 0.05) is 12.6 Å². The van der Waals surface area contributed by atoms with Crippen molar-refractivity contribution in [3.63, 3.8) is 0 Å². The van der Waals surface area contributed by atoms with E-state index in [-0.39, 0.29) is 0 Å². The first kappa shape index (κ1) is 10.2. The number of aliphatic imine (C=N–C) groups is 1. The van der Waals surface area contributed by atoms with Crippen molar-refractivity contribution in [3.05, 3.63) is 12.2 Å². The number of rotatable bonds is 5. The summed E-state index contributed by atoms with van der Waals surface area (Å²) in [5.74, 6) is 0. The lowest BCUT2D eigenvalue weighted by molar-refractivity contribution is 0.808. The van der Waals surface area contributed by atoms with Crippen molar-refractivity contribution < 1.29 is 0 Å². The second-order valence-electron chi connectivity index (χ2n) is 2.52. The van der Waals surface area contributed by atoms with Gasteiger partial charge in [-0.3, -0.25) is 4.99 Å². The molecule has 0 amide bonds. The number of nitrogens with one attached hydrogen (secondary N) is 1. The van der Waals surface area contributed by atoms with Crippen LogP contribution >= 0.6 is 0 Å². The van der Waals surface area contributed by atoms with E-state index in [4.69, 9.17) is 0 Å². The van der Waals surface area contributed by atoms with Crippen LogP contribution in [0.5, 0.6) is 0 Å². The number of nitrogens with zero attached hydrogens (tertiary/aromatic N) is 1. The van der Waals surface area contributed by atoms with E-state index in [9.17, 15) is 0 Å². The minimum Gasteiger partial charge on any atom is -0.371 e. The summed E-state index contributed by atoms with van der Waals surface area (Å²) in [6.07, 6.45) is 7.02. The number of hydrogen-bond donors (Lipinski definition) is 1. The summed E-state index contributed by atoms with van der Waals surface area (Å²) in [6, 6.07) is 0.389. The van der Waals surface area contributed by atoms with Crippen LogP contribution in [0, 0.1) is 0 Å². The summed E-state index contributed by atoms with van der Waals surface area (Å²) < 4.78 is 0. The van der Waals surface area contributed by atoms with Crippen LogP contribution in [0.1, 0.15) is 27.2 Å². The third-order valence-corrected chi connectivity index (χ3v) is 1.26. The molecular weight excluding hydrogens is 136 g/mol. The molecule has 0 aromatic carbocycles. The predicted molar refractivity (Wildman–Crippen MR) is 51.1 cm³/mol. The third kappa shape index (κ3) is 7.10. The fraction of sp³-hybridized carbons (Fsp3) is 0.667. The molecule has 0 fully saturated rings. The molecule has 0 saturated heterocycles. The van der Waals surface area contributed by atoms with Crippen molar-refractivity contribution in [2.75, 3.05) is 6.54 Å². The molecule has 2 heteroatoms. The molecule has 1 atom stereocenters. The molecule has 1 N–H and O–H groups in total. The monoisotopic (exact) mass is 154 g/mol. The van der Waals surface area contributed by atoms with Crippen LogP contribution in [0.4, 0.5) is 0 Å². The molecule has 0 aliphatic heterocycles. The van der Waals surface area contributed by atoms with Crippen molar-refractivity contribution in [2.24, 2.45) is 4.99 Å².